The van der Waals surface area contributed by atoms with E-state index in [2.05, 4.69) is 20.7 Å². The fourth-order valence-corrected chi connectivity index (χ4v) is 3.97. The number of unbranched alkanes of at least 4 members (excludes halogenated alkanes) is 3. The lowest BCUT2D eigenvalue weighted by Crippen LogP contribution is -2.52. The fourth-order valence-electron chi connectivity index (χ4n) is 3.97. The van der Waals surface area contributed by atoms with E-state index < -0.39 is 0 Å². The summed E-state index contributed by atoms with van der Waals surface area (Å²) in [5, 5.41) is 0. The van der Waals surface area contributed by atoms with Crippen molar-refractivity contribution in [2.45, 2.75) is 63.5 Å². The summed E-state index contributed by atoms with van der Waals surface area (Å²) in [4.78, 5) is 5.41. The monoisotopic (exact) mass is 311 g/mol. The molecule has 0 atom stereocenters. The summed E-state index contributed by atoms with van der Waals surface area (Å²) in [5.41, 5.74) is 12.0. The van der Waals surface area contributed by atoms with Crippen LogP contribution in [-0.2, 0) is 0 Å². The largest absolute Gasteiger partial charge is 0.330 e. The molecule has 1 aliphatic heterocycles. The first-order valence-corrected chi connectivity index (χ1v) is 9.42. The summed E-state index contributed by atoms with van der Waals surface area (Å²) in [6, 6.07) is 1.51. The van der Waals surface area contributed by atoms with Crippen LogP contribution in [0.15, 0.2) is 0 Å². The van der Waals surface area contributed by atoms with Crippen molar-refractivity contribution in [1.82, 2.24) is 20.7 Å². The number of nitrogens with zero attached hydrogens (tertiary/aromatic N) is 2. The molecule has 1 saturated carbocycles. The minimum atomic E-state index is 0.677. The number of rotatable bonds is 9. The molecular weight excluding hydrogens is 274 g/mol. The Bertz CT molecular complexity index is 270. The van der Waals surface area contributed by atoms with E-state index in [9.17, 15) is 0 Å². The molecule has 130 valence electrons. The standard InChI is InChI=1S/C17H37N5/c1-19-20-16-6-8-17(9-7-16)22-14-12-21(13-15-22)11-5-3-2-4-10-18/h16-17,19-20H,2-15,18H2,1H3. The van der Waals surface area contributed by atoms with Crippen LogP contribution < -0.4 is 16.6 Å². The van der Waals surface area contributed by atoms with Gasteiger partial charge >= 0.3 is 0 Å². The molecule has 0 spiro atoms. The molecule has 0 aromatic heterocycles. The van der Waals surface area contributed by atoms with E-state index in [-0.39, 0.29) is 0 Å². The van der Waals surface area contributed by atoms with E-state index in [1.807, 2.05) is 7.05 Å². The topological polar surface area (TPSA) is 56.6 Å². The molecule has 2 aliphatic rings. The van der Waals surface area contributed by atoms with E-state index in [0.717, 1.165) is 12.6 Å². The van der Waals surface area contributed by atoms with Gasteiger partial charge in [-0.15, -0.1) is 0 Å². The average Bonchev–Trinajstić information content (AvgIpc) is 2.56. The number of hydrazine groups is 1. The summed E-state index contributed by atoms with van der Waals surface area (Å²) in [5.74, 6) is 0. The van der Waals surface area contributed by atoms with Gasteiger partial charge in [0, 0.05) is 38.3 Å². The number of nitrogens with two attached hydrogens (primary N) is 1. The number of hydrogen-bond donors (Lipinski definition) is 3. The maximum absolute atomic E-state index is 5.54. The van der Waals surface area contributed by atoms with Gasteiger partial charge in [0.25, 0.3) is 0 Å². The lowest BCUT2D eigenvalue weighted by atomic mass is 9.90. The zero-order valence-corrected chi connectivity index (χ0v) is 14.5. The van der Waals surface area contributed by atoms with E-state index in [4.69, 9.17) is 5.73 Å². The maximum atomic E-state index is 5.54. The Hall–Kier alpha value is -0.200. The summed E-state index contributed by atoms with van der Waals surface area (Å²) in [6.07, 6.45) is 10.5. The number of nitrogens with one attached hydrogen (secondary N) is 2. The third kappa shape index (κ3) is 6.13. The third-order valence-electron chi connectivity index (χ3n) is 5.40. The molecule has 0 bridgehead atoms. The molecular formula is C17H37N5. The van der Waals surface area contributed by atoms with Crippen molar-refractivity contribution in [3.63, 3.8) is 0 Å². The molecule has 0 aromatic carbocycles. The average molecular weight is 312 g/mol. The molecule has 0 radical (unpaired) electrons. The van der Waals surface area contributed by atoms with Gasteiger partial charge in [-0.3, -0.25) is 15.8 Å². The molecule has 2 rings (SSSR count). The SMILES string of the molecule is CNNC1CCC(N2CCN(CCCCCCN)CC2)CC1. The van der Waals surface area contributed by atoms with Crippen LogP contribution >= 0.6 is 0 Å². The molecule has 1 saturated heterocycles. The number of hydrogen-bond acceptors (Lipinski definition) is 5. The first-order chi connectivity index (χ1) is 10.8. The van der Waals surface area contributed by atoms with Gasteiger partial charge in [0.05, 0.1) is 0 Å². The Balaban J connectivity index is 1.55. The molecule has 5 heteroatoms. The highest BCUT2D eigenvalue weighted by molar-refractivity contribution is 4.84. The maximum Gasteiger partial charge on any atom is 0.0214 e. The van der Waals surface area contributed by atoms with Crippen LogP contribution in [0.5, 0.6) is 0 Å². The minimum Gasteiger partial charge on any atom is -0.330 e. The van der Waals surface area contributed by atoms with Gasteiger partial charge in [-0.25, -0.2) is 0 Å². The lowest BCUT2D eigenvalue weighted by Gasteiger charge is -2.42. The van der Waals surface area contributed by atoms with Gasteiger partial charge < -0.3 is 10.6 Å². The van der Waals surface area contributed by atoms with Crippen LogP contribution in [0.2, 0.25) is 0 Å². The van der Waals surface area contributed by atoms with Crippen molar-refractivity contribution >= 4 is 0 Å². The number of piperazine rings is 1. The van der Waals surface area contributed by atoms with E-state index in [1.54, 1.807) is 0 Å². The summed E-state index contributed by atoms with van der Waals surface area (Å²) in [6.45, 7) is 7.23. The Labute approximate surface area is 136 Å². The van der Waals surface area contributed by atoms with Crippen molar-refractivity contribution in [2.24, 2.45) is 5.73 Å². The first kappa shape index (κ1) is 18.1. The second kappa shape index (κ2) is 10.6. The van der Waals surface area contributed by atoms with Crippen molar-refractivity contribution in [3.05, 3.63) is 0 Å². The van der Waals surface area contributed by atoms with Crippen molar-refractivity contribution < 1.29 is 0 Å². The normalized spacial score (nSPS) is 28.1. The van der Waals surface area contributed by atoms with Gasteiger partial charge in [0.1, 0.15) is 0 Å². The summed E-state index contributed by atoms with van der Waals surface area (Å²) in [7, 11) is 1.97. The molecule has 0 amide bonds. The molecule has 1 heterocycles. The van der Waals surface area contributed by atoms with Gasteiger partial charge in [-0.05, 0) is 58.7 Å². The lowest BCUT2D eigenvalue weighted by molar-refractivity contribution is 0.0724. The third-order valence-corrected chi connectivity index (χ3v) is 5.40. The molecule has 1 aliphatic carbocycles. The van der Waals surface area contributed by atoms with E-state index in [0.29, 0.717) is 6.04 Å². The Morgan fingerprint density at radius 2 is 1.59 bits per heavy atom. The van der Waals surface area contributed by atoms with E-state index >= 15 is 0 Å². The van der Waals surface area contributed by atoms with Crippen LogP contribution in [0.4, 0.5) is 0 Å². The molecule has 2 fully saturated rings. The first-order valence-electron chi connectivity index (χ1n) is 9.42. The van der Waals surface area contributed by atoms with Gasteiger partial charge in [0.15, 0.2) is 0 Å². The van der Waals surface area contributed by atoms with Crippen molar-refractivity contribution in [2.75, 3.05) is 46.3 Å². The molecule has 0 unspecified atom stereocenters. The molecule has 22 heavy (non-hydrogen) atoms. The van der Waals surface area contributed by atoms with Crippen LogP contribution in [0, 0.1) is 0 Å². The minimum absolute atomic E-state index is 0.677. The van der Waals surface area contributed by atoms with Crippen LogP contribution in [-0.4, -0.2) is 68.2 Å². The van der Waals surface area contributed by atoms with Gasteiger partial charge in [-0.2, -0.15) is 0 Å². The van der Waals surface area contributed by atoms with E-state index in [1.165, 1.54) is 84.1 Å². The second-order valence-corrected chi connectivity index (χ2v) is 6.98. The zero-order valence-electron chi connectivity index (χ0n) is 14.5. The second-order valence-electron chi connectivity index (χ2n) is 6.98. The van der Waals surface area contributed by atoms with Crippen LogP contribution in [0.25, 0.3) is 0 Å². The highest BCUT2D eigenvalue weighted by Gasteiger charge is 2.27. The highest BCUT2D eigenvalue weighted by Crippen LogP contribution is 2.24. The molecule has 5 nitrogen and oxygen atoms in total. The predicted octanol–water partition coefficient (Wildman–Crippen LogP) is 1.16. The predicted molar refractivity (Wildman–Crippen MR) is 93.8 cm³/mol. The molecule has 0 aromatic rings. The zero-order chi connectivity index (χ0) is 15.6. The van der Waals surface area contributed by atoms with Gasteiger partial charge in [-0.1, -0.05) is 12.8 Å². The Morgan fingerprint density at radius 1 is 0.909 bits per heavy atom. The Kier molecular flexibility index (Phi) is 8.70. The summed E-state index contributed by atoms with van der Waals surface area (Å²) >= 11 is 0. The summed E-state index contributed by atoms with van der Waals surface area (Å²) < 4.78 is 0. The van der Waals surface area contributed by atoms with Crippen molar-refractivity contribution in [3.8, 4) is 0 Å². The van der Waals surface area contributed by atoms with Gasteiger partial charge in [0.2, 0.25) is 0 Å². The Morgan fingerprint density at radius 3 is 2.23 bits per heavy atom. The highest BCUT2D eigenvalue weighted by atomic mass is 15.4. The van der Waals surface area contributed by atoms with Crippen LogP contribution in [0.1, 0.15) is 51.4 Å². The smallest absolute Gasteiger partial charge is 0.0214 e. The fraction of sp³-hybridized carbons (Fsp3) is 1.00. The molecule has 4 N–H and O–H groups in total. The van der Waals surface area contributed by atoms with Crippen molar-refractivity contribution in [1.29, 1.82) is 0 Å². The van der Waals surface area contributed by atoms with Crippen LogP contribution in [0.3, 0.4) is 0 Å². The quantitative estimate of drug-likeness (QED) is 0.441.